The van der Waals surface area contributed by atoms with Gasteiger partial charge >= 0.3 is 0 Å². The molecule has 0 aliphatic rings. The molecular weight excluding hydrogens is 167 g/mol. The summed E-state index contributed by atoms with van der Waals surface area (Å²) in [5.74, 6) is -0.365. The fourth-order valence-electron chi connectivity index (χ4n) is 0.623. The van der Waals surface area contributed by atoms with Crippen LogP contribution in [0.1, 0.15) is 0 Å². The standard InChI is InChI=1S/C6H8FNP2/c7-3-1-5(9)6(10)2-4(3)8/h1-2H,8-10H2. The second kappa shape index (κ2) is 2.82. The minimum absolute atomic E-state index is 0.191. The molecule has 0 saturated carbocycles. The lowest BCUT2D eigenvalue weighted by molar-refractivity contribution is 0.634. The molecule has 1 nitrogen and oxygen atoms in total. The van der Waals surface area contributed by atoms with Crippen LogP contribution in [-0.2, 0) is 0 Å². The van der Waals surface area contributed by atoms with Gasteiger partial charge in [-0.1, -0.05) is 0 Å². The minimum Gasteiger partial charge on any atom is -0.396 e. The fraction of sp³-hybridized carbons (Fsp3) is 0. The highest BCUT2D eigenvalue weighted by Crippen LogP contribution is 2.07. The highest BCUT2D eigenvalue weighted by atomic mass is 31.0. The molecule has 0 radical (unpaired) electrons. The van der Waals surface area contributed by atoms with Crippen molar-refractivity contribution < 1.29 is 4.39 Å². The van der Waals surface area contributed by atoms with Crippen molar-refractivity contribution in [3.8, 4) is 0 Å². The maximum atomic E-state index is 12.6. The number of halogens is 1. The zero-order valence-electron chi connectivity index (χ0n) is 5.26. The first-order valence-corrected chi connectivity index (χ1v) is 3.86. The number of hydrogen-bond donors (Lipinski definition) is 1. The number of anilines is 1. The number of nitrogen functional groups attached to an aromatic ring is 1. The van der Waals surface area contributed by atoms with E-state index >= 15 is 0 Å². The van der Waals surface area contributed by atoms with Gasteiger partial charge in [-0.05, 0) is 22.7 Å². The highest BCUT2D eigenvalue weighted by Gasteiger charge is 1.99. The molecule has 0 spiro atoms. The number of rotatable bonds is 0. The number of nitrogens with two attached hydrogens (primary N) is 1. The maximum absolute atomic E-state index is 12.6. The first kappa shape index (κ1) is 7.91. The molecule has 0 aliphatic carbocycles. The van der Waals surface area contributed by atoms with Crippen LogP contribution in [0.15, 0.2) is 12.1 Å². The summed E-state index contributed by atoms with van der Waals surface area (Å²) in [6.07, 6.45) is 0. The molecule has 0 heterocycles. The predicted octanol–water partition coefficient (Wildman–Crippen LogP) is 0.409. The molecule has 1 rings (SSSR count). The van der Waals surface area contributed by atoms with Gasteiger partial charge in [0.2, 0.25) is 0 Å². The van der Waals surface area contributed by atoms with Crippen molar-refractivity contribution in [3.63, 3.8) is 0 Å². The molecule has 4 heteroatoms. The Balaban J connectivity index is 3.28. The summed E-state index contributed by atoms with van der Waals surface area (Å²) in [6.45, 7) is 0. The Bertz CT molecular complexity index is 212. The van der Waals surface area contributed by atoms with Gasteiger partial charge < -0.3 is 5.73 Å². The van der Waals surface area contributed by atoms with Gasteiger partial charge in [0.15, 0.2) is 0 Å². The number of benzene rings is 1. The molecule has 0 aromatic heterocycles. The third-order valence-electron chi connectivity index (χ3n) is 1.20. The lowest BCUT2D eigenvalue weighted by Crippen LogP contribution is -2.13. The molecule has 2 atom stereocenters. The molecule has 0 amide bonds. The van der Waals surface area contributed by atoms with Gasteiger partial charge in [0.05, 0.1) is 5.69 Å². The van der Waals surface area contributed by atoms with Crippen LogP contribution < -0.4 is 16.3 Å². The predicted molar refractivity (Wildman–Crippen MR) is 49.5 cm³/mol. The normalized spacial score (nSPS) is 9.90. The average Bonchev–Trinajstić information content (AvgIpc) is 1.84. The van der Waals surface area contributed by atoms with Crippen molar-refractivity contribution in [1.82, 2.24) is 0 Å². The Labute approximate surface area is 63.6 Å². The van der Waals surface area contributed by atoms with Gasteiger partial charge in [0.1, 0.15) is 5.82 Å². The van der Waals surface area contributed by atoms with Gasteiger partial charge in [-0.15, -0.1) is 18.5 Å². The van der Waals surface area contributed by atoms with E-state index in [0.717, 1.165) is 10.6 Å². The average molecular weight is 175 g/mol. The van der Waals surface area contributed by atoms with Gasteiger partial charge in [0.25, 0.3) is 0 Å². The number of hydrogen-bond acceptors (Lipinski definition) is 1. The summed E-state index contributed by atoms with van der Waals surface area (Å²) in [4.78, 5) is 0. The molecule has 10 heavy (non-hydrogen) atoms. The molecular formula is C6H8FNP2. The largest absolute Gasteiger partial charge is 0.396 e. The molecule has 0 fully saturated rings. The molecule has 2 N–H and O–H groups in total. The van der Waals surface area contributed by atoms with Gasteiger partial charge in [0, 0.05) is 0 Å². The van der Waals surface area contributed by atoms with E-state index in [0.29, 0.717) is 0 Å². The SMILES string of the molecule is Nc1cc(P)c(P)cc1F. The summed E-state index contributed by atoms with van der Waals surface area (Å²) in [5.41, 5.74) is 5.48. The van der Waals surface area contributed by atoms with E-state index in [9.17, 15) is 4.39 Å². The molecule has 0 aliphatic heterocycles. The monoisotopic (exact) mass is 175 g/mol. The van der Waals surface area contributed by atoms with E-state index < -0.39 is 0 Å². The molecule has 54 valence electrons. The summed E-state index contributed by atoms with van der Waals surface area (Å²) >= 11 is 0. The van der Waals surface area contributed by atoms with E-state index in [4.69, 9.17) is 5.73 Å². The second-order valence-corrected chi connectivity index (χ2v) is 3.25. The first-order chi connectivity index (χ1) is 4.61. The van der Waals surface area contributed by atoms with Crippen LogP contribution in [0.3, 0.4) is 0 Å². The Morgan fingerprint density at radius 3 is 2.20 bits per heavy atom. The van der Waals surface area contributed by atoms with Crippen molar-refractivity contribution in [1.29, 1.82) is 0 Å². The van der Waals surface area contributed by atoms with Crippen LogP contribution in [0.5, 0.6) is 0 Å². The fourth-order valence-corrected chi connectivity index (χ4v) is 1.12. The van der Waals surface area contributed by atoms with Crippen LogP contribution in [0, 0.1) is 5.82 Å². The van der Waals surface area contributed by atoms with Gasteiger partial charge in [-0.2, -0.15) is 0 Å². The minimum atomic E-state index is -0.365. The van der Waals surface area contributed by atoms with Crippen LogP contribution in [-0.4, -0.2) is 0 Å². The zero-order valence-corrected chi connectivity index (χ0v) is 7.57. The maximum Gasteiger partial charge on any atom is 0.146 e. The van der Waals surface area contributed by atoms with Crippen molar-refractivity contribution in [3.05, 3.63) is 17.9 Å². The molecule has 2 unspecified atom stereocenters. The van der Waals surface area contributed by atoms with Crippen molar-refractivity contribution >= 4 is 34.8 Å². The first-order valence-electron chi connectivity index (χ1n) is 2.71. The third-order valence-corrected chi connectivity index (χ3v) is 2.54. The van der Waals surface area contributed by atoms with Crippen LogP contribution >= 0.6 is 18.5 Å². The lowest BCUT2D eigenvalue weighted by atomic mass is 10.3. The second-order valence-electron chi connectivity index (χ2n) is 2.00. The van der Waals surface area contributed by atoms with E-state index in [-0.39, 0.29) is 11.5 Å². The summed E-state index contributed by atoms with van der Waals surface area (Å²) in [5, 5.41) is 1.72. The van der Waals surface area contributed by atoms with Crippen molar-refractivity contribution in [2.45, 2.75) is 0 Å². The van der Waals surface area contributed by atoms with Crippen molar-refractivity contribution in [2.75, 3.05) is 5.73 Å². The van der Waals surface area contributed by atoms with Crippen molar-refractivity contribution in [2.24, 2.45) is 0 Å². The third kappa shape index (κ3) is 1.45. The van der Waals surface area contributed by atoms with E-state index in [1.54, 1.807) is 6.07 Å². The van der Waals surface area contributed by atoms with Crippen LogP contribution in [0.25, 0.3) is 0 Å². The van der Waals surface area contributed by atoms with Crippen LogP contribution in [0.2, 0.25) is 0 Å². The smallest absolute Gasteiger partial charge is 0.146 e. The molecule has 0 bridgehead atoms. The molecule has 0 saturated heterocycles. The highest BCUT2D eigenvalue weighted by molar-refractivity contribution is 7.35. The molecule has 1 aromatic carbocycles. The Hall–Kier alpha value is -0.190. The van der Waals surface area contributed by atoms with Crippen LogP contribution in [0.4, 0.5) is 10.1 Å². The molecule has 1 aromatic rings. The summed E-state index contributed by atoms with van der Waals surface area (Å²) in [6, 6.07) is 2.98. The summed E-state index contributed by atoms with van der Waals surface area (Å²) < 4.78 is 12.6. The lowest BCUT2D eigenvalue weighted by Gasteiger charge is -2.00. The van der Waals surface area contributed by atoms with Gasteiger partial charge in [-0.25, -0.2) is 4.39 Å². The quantitative estimate of drug-likeness (QED) is 0.448. The zero-order chi connectivity index (χ0) is 7.72. The Kier molecular flexibility index (Phi) is 2.23. The van der Waals surface area contributed by atoms with E-state index in [2.05, 4.69) is 18.5 Å². The van der Waals surface area contributed by atoms with E-state index in [1.807, 2.05) is 0 Å². The Morgan fingerprint density at radius 2 is 1.70 bits per heavy atom. The van der Waals surface area contributed by atoms with E-state index in [1.165, 1.54) is 6.07 Å². The Morgan fingerprint density at radius 1 is 1.20 bits per heavy atom. The summed E-state index contributed by atoms with van der Waals surface area (Å²) in [7, 11) is 4.90. The topological polar surface area (TPSA) is 26.0 Å². The van der Waals surface area contributed by atoms with Gasteiger partial charge in [-0.3, -0.25) is 0 Å².